The highest BCUT2D eigenvalue weighted by Gasteiger charge is 2.14. The van der Waals surface area contributed by atoms with E-state index in [1.54, 1.807) is 35.0 Å². The lowest BCUT2D eigenvalue weighted by Gasteiger charge is -2.10. The van der Waals surface area contributed by atoms with Crippen LogP contribution in [0.15, 0.2) is 53.4 Å². The van der Waals surface area contributed by atoms with Gasteiger partial charge in [-0.25, -0.2) is 13.1 Å². The van der Waals surface area contributed by atoms with Crippen LogP contribution in [0.4, 0.5) is 0 Å². The molecule has 0 saturated heterocycles. The molecule has 0 fully saturated rings. The molecule has 0 atom stereocenters. The van der Waals surface area contributed by atoms with Gasteiger partial charge in [-0.3, -0.25) is 0 Å². The highest BCUT2D eigenvalue weighted by Crippen LogP contribution is 2.29. The predicted molar refractivity (Wildman–Crippen MR) is 106 cm³/mol. The van der Waals surface area contributed by atoms with Crippen LogP contribution in [0, 0.1) is 0 Å². The second-order valence-electron chi connectivity index (χ2n) is 6.09. The Labute approximate surface area is 163 Å². The lowest BCUT2D eigenvalue weighted by atomic mass is 10.1. The predicted octanol–water partition coefficient (Wildman–Crippen LogP) is 5.20. The van der Waals surface area contributed by atoms with Crippen molar-refractivity contribution in [3.63, 3.8) is 0 Å². The summed E-state index contributed by atoms with van der Waals surface area (Å²) in [4.78, 5) is 0.269. The van der Waals surface area contributed by atoms with Crippen LogP contribution in [0.25, 0.3) is 16.9 Å². The Hall–Kier alpha value is -1.82. The van der Waals surface area contributed by atoms with E-state index in [4.69, 9.17) is 23.2 Å². The molecule has 0 saturated carbocycles. The first-order valence-corrected chi connectivity index (χ1v) is 10.8. The SMILES string of the molecule is CCCc1ccc(-n2nc(Cl)cc2-c2ccc(S(C)(=O)=O)cc2)cc1Cl. The Balaban J connectivity index is 2.05. The standard InChI is InChI=1S/C19H18Cl2N2O2S/c1-3-4-13-5-8-15(11-17(13)20)23-18(12-19(21)22-23)14-6-9-16(10-7-14)26(2,24)25/h5-12H,3-4H2,1-2H3. The van der Waals surface area contributed by atoms with Gasteiger partial charge in [0, 0.05) is 22.9 Å². The minimum absolute atomic E-state index is 0.269. The quantitative estimate of drug-likeness (QED) is 0.582. The number of hydrogen-bond acceptors (Lipinski definition) is 3. The molecule has 0 aliphatic rings. The minimum atomic E-state index is -3.24. The maximum Gasteiger partial charge on any atom is 0.175 e. The molecule has 0 aliphatic heterocycles. The molecule has 0 bridgehead atoms. The number of rotatable bonds is 5. The Kier molecular flexibility index (Phi) is 5.42. The van der Waals surface area contributed by atoms with E-state index in [2.05, 4.69) is 12.0 Å². The van der Waals surface area contributed by atoms with Gasteiger partial charge in [0.15, 0.2) is 15.0 Å². The largest absolute Gasteiger partial charge is 0.232 e. The number of aromatic nitrogens is 2. The highest BCUT2D eigenvalue weighted by atomic mass is 35.5. The Bertz CT molecular complexity index is 1040. The van der Waals surface area contributed by atoms with Crippen molar-refractivity contribution in [2.75, 3.05) is 6.26 Å². The molecule has 0 radical (unpaired) electrons. The number of aryl methyl sites for hydroxylation is 1. The van der Waals surface area contributed by atoms with Crippen molar-refractivity contribution >= 4 is 33.0 Å². The smallest absolute Gasteiger partial charge is 0.175 e. The molecule has 3 rings (SSSR count). The second-order valence-corrected chi connectivity index (χ2v) is 8.90. The van der Waals surface area contributed by atoms with Crippen LogP contribution in [0.2, 0.25) is 10.2 Å². The van der Waals surface area contributed by atoms with E-state index in [0.29, 0.717) is 10.2 Å². The normalized spacial score (nSPS) is 11.7. The summed E-state index contributed by atoms with van der Waals surface area (Å²) in [7, 11) is -3.24. The van der Waals surface area contributed by atoms with Crippen molar-refractivity contribution in [1.82, 2.24) is 9.78 Å². The molecular formula is C19H18Cl2N2O2S. The molecule has 2 aromatic carbocycles. The van der Waals surface area contributed by atoms with Crippen molar-refractivity contribution in [2.45, 2.75) is 24.7 Å². The molecule has 26 heavy (non-hydrogen) atoms. The minimum Gasteiger partial charge on any atom is -0.232 e. The monoisotopic (exact) mass is 408 g/mol. The number of halogens is 2. The van der Waals surface area contributed by atoms with Gasteiger partial charge in [-0.05, 0) is 36.2 Å². The van der Waals surface area contributed by atoms with E-state index in [1.807, 2.05) is 18.2 Å². The summed E-state index contributed by atoms with van der Waals surface area (Å²) in [5, 5.41) is 5.39. The lowest BCUT2D eigenvalue weighted by molar-refractivity contribution is 0.602. The van der Waals surface area contributed by atoms with E-state index in [-0.39, 0.29) is 4.90 Å². The van der Waals surface area contributed by atoms with Crippen LogP contribution in [0.5, 0.6) is 0 Å². The van der Waals surface area contributed by atoms with Crippen LogP contribution in [0.1, 0.15) is 18.9 Å². The summed E-state index contributed by atoms with van der Waals surface area (Å²) in [5.41, 5.74) is 3.46. The third kappa shape index (κ3) is 3.95. The molecule has 0 amide bonds. The Morgan fingerprint density at radius 2 is 1.73 bits per heavy atom. The summed E-state index contributed by atoms with van der Waals surface area (Å²) in [5.74, 6) is 0. The van der Waals surface area contributed by atoms with Crippen LogP contribution < -0.4 is 0 Å². The Morgan fingerprint density at radius 1 is 1.04 bits per heavy atom. The summed E-state index contributed by atoms with van der Waals surface area (Å²) >= 11 is 12.5. The second kappa shape index (κ2) is 7.43. The summed E-state index contributed by atoms with van der Waals surface area (Å²) in [6.07, 6.45) is 3.12. The first kappa shape index (κ1) is 19.0. The number of hydrogen-bond donors (Lipinski definition) is 0. The van der Waals surface area contributed by atoms with Crippen molar-refractivity contribution in [3.8, 4) is 16.9 Å². The summed E-state index contributed by atoms with van der Waals surface area (Å²) in [6, 6.07) is 14.2. The zero-order valence-corrected chi connectivity index (χ0v) is 16.7. The summed E-state index contributed by atoms with van der Waals surface area (Å²) < 4.78 is 25.0. The third-order valence-corrected chi connectivity index (χ3v) is 5.72. The van der Waals surface area contributed by atoms with E-state index >= 15 is 0 Å². The fourth-order valence-corrected chi connectivity index (χ4v) is 3.85. The van der Waals surface area contributed by atoms with Crippen molar-refractivity contribution in [3.05, 3.63) is 64.3 Å². The Morgan fingerprint density at radius 3 is 2.31 bits per heavy atom. The van der Waals surface area contributed by atoms with Gasteiger partial charge in [0.05, 0.1) is 16.3 Å². The molecule has 4 nitrogen and oxygen atoms in total. The van der Waals surface area contributed by atoms with Gasteiger partial charge >= 0.3 is 0 Å². The number of nitrogens with zero attached hydrogens (tertiary/aromatic N) is 2. The zero-order chi connectivity index (χ0) is 18.9. The topological polar surface area (TPSA) is 52.0 Å². The molecule has 7 heteroatoms. The molecule has 0 spiro atoms. The fraction of sp³-hybridized carbons (Fsp3) is 0.211. The van der Waals surface area contributed by atoms with Crippen LogP contribution >= 0.6 is 23.2 Å². The van der Waals surface area contributed by atoms with E-state index in [1.165, 1.54) is 6.26 Å². The average Bonchev–Trinajstić information content (AvgIpc) is 2.98. The third-order valence-electron chi connectivity index (χ3n) is 4.06. The maximum absolute atomic E-state index is 11.6. The number of sulfone groups is 1. The molecular weight excluding hydrogens is 391 g/mol. The van der Waals surface area contributed by atoms with Crippen molar-refractivity contribution in [2.24, 2.45) is 0 Å². The van der Waals surface area contributed by atoms with Gasteiger partial charge in [-0.1, -0.05) is 54.7 Å². The van der Waals surface area contributed by atoms with Crippen molar-refractivity contribution in [1.29, 1.82) is 0 Å². The molecule has 0 aliphatic carbocycles. The molecule has 0 unspecified atom stereocenters. The summed E-state index contributed by atoms with van der Waals surface area (Å²) in [6.45, 7) is 2.11. The van der Waals surface area contributed by atoms with Gasteiger partial charge < -0.3 is 0 Å². The molecule has 0 N–H and O–H groups in total. The van der Waals surface area contributed by atoms with Crippen LogP contribution in [-0.4, -0.2) is 24.5 Å². The maximum atomic E-state index is 11.6. The fourth-order valence-electron chi connectivity index (χ4n) is 2.77. The van der Waals surface area contributed by atoms with Gasteiger partial charge in [0.1, 0.15) is 0 Å². The van der Waals surface area contributed by atoms with Gasteiger partial charge in [-0.2, -0.15) is 5.10 Å². The first-order chi connectivity index (χ1) is 12.3. The van der Waals surface area contributed by atoms with Gasteiger partial charge in [0.25, 0.3) is 0 Å². The average molecular weight is 409 g/mol. The lowest BCUT2D eigenvalue weighted by Crippen LogP contribution is -2.01. The molecule has 1 heterocycles. The van der Waals surface area contributed by atoms with Gasteiger partial charge in [-0.15, -0.1) is 0 Å². The van der Waals surface area contributed by atoms with E-state index in [9.17, 15) is 8.42 Å². The first-order valence-electron chi connectivity index (χ1n) is 8.14. The van der Waals surface area contributed by atoms with Crippen LogP contribution in [0.3, 0.4) is 0 Å². The zero-order valence-electron chi connectivity index (χ0n) is 14.4. The van der Waals surface area contributed by atoms with Crippen LogP contribution in [-0.2, 0) is 16.3 Å². The van der Waals surface area contributed by atoms with Crippen molar-refractivity contribution < 1.29 is 8.42 Å². The molecule has 1 aromatic heterocycles. The molecule has 3 aromatic rings. The molecule has 136 valence electrons. The van der Waals surface area contributed by atoms with Gasteiger partial charge in [0.2, 0.25) is 0 Å². The van der Waals surface area contributed by atoms with E-state index < -0.39 is 9.84 Å². The van der Waals surface area contributed by atoms with E-state index in [0.717, 1.165) is 35.3 Å². The number of benzene rings is 2. The highest BCUT2D eigenvalue weighted by molar-refractivity contribution is 7.90.